The largest absolute Gasteiger partial charge is 0.465 e. The van der Waals surface area contributed by atoms with E-state index in [-0.39, 0.29) is 5.69 Å². The zero-order chi connectivity index (χ0) is 13.8. The van der Waals surface area contributed by atoms with E-state index in [9.17, 15) is 10.1 Å². The third-order valence-electron chi connectivity index (χ3n) is 2.52. The Morgan fingerprint density at radius 1 is 1.37 bits per heavy atom. The summed E-state index contributed by atoms with van der Waals surface area (Å²) in [6.45, 7) is 2.28. The summed E-state index contributed by atoms with van der Waals surface area (Å²) in [5, 5.41) is 16.6. The summed E-state index contributed by atoms with van der Waals surface area (Å²) < 4.78 is 5.40. The lowest BCUT2D eigenvalue weighted by Crippen LogP contribution is -2.03. The molecular weight excluding hydrogens is 248 g/mol. The van der Waals surface area contributed by atoms with Crippen molar-refractivity contribution in [2.75, 3.05) is 17.7 Å². The van der Waals surface area contributed by atoms with Gasteiger partial charge in [0, 0.05) is 7.05 Å². The minimum Gasteiger partial charge on any atom is -0.465 e. The van der Waals surface area contributed by atoms with Crippen LogP contribution in [0.25, 0.3) is 0 Å². The predicted octanol–water partition coefficient (Wildman–Crippen LogP) is 2.55. The van der Waals surface area contributed by atoms with Crippen LogP contribution in [0.4, 0.5) is 17.3 Å². The fourth-order valence-electron chi connectivity index (χ4n) is 1.60. The van der Waals surface area contributed by atoms with Crippen LogP contribution in [0.1, 0.15) is 11.5 Å². The number of aromatic nitrogens is 1. The topological polar surface area (TPSA) is 93.2 Å². The normalized spacial score (nSPS) is 10.2. The Labute approximate surface area is 109 Å². The van der Waals surface area contributed by atoms with Crippen LogP contribution in [0.3, 0.4) is 0 Å². The minimum absolute atomic E-state index is 0.0162. The molecule has 0 amide bonds. The molecule has 0 saturated heterocycles. The van der Waals surface area contributed by atoms with Crippen molar-refractivity contribution >= 4 is 17.3 Å². The first-order chi connectivity index (χ1) is 9.08. The number of anilines is 2. The molecule has 2 N–H and O–H groups in total. The molecule has 0 atom stereocenters. The van der Waals surface area contributed by atoms with Crippen LogP contribution in [0.5, 0.6) is 0 Å². The summed E-state index contributed by atoms with van der Waals surface area (Å²) in [6, 6.07) is 6.47. The van der Waals surface area contributed by atoms with Gasteiger partial charge in [-0.3, -0.25) is 10.1 Å². The summed E-state index contributed by atoms with van der Waals surface area (Å²) in [5.41, 5.74) is -0.0162. The Balaban J connectivity index is 2.15. The first-order valence-electron chi connectivity index (χ1n) is 5.72. The molecule has 7 heteroatoms. The monoisotopic (exact) mass is 262 g/mol. The second kappa shape index (κ2) is 5.38. The number of nitrogens with one attached hydrogen (secondary N) is 2. The van der Waals surface area contributed by atoms with Gasteiger partial charge in [0.2, 0.25) is 0 Å². The molecule has 0 spiro atoms. The number of pyridine rings is 1. The average Bonchev–Trinajstić information content (AvgIpc) is 2.81. The van der Waals surface area contributed by atoms with Crippen LogP contribution in [-0.4, -0.2) is 17.0 Å². The molecule has 0 saturated carbocycles. The molecule has 2 aromatic rings. The number of nitrogens with zero attached hydrogens (tertiary/aromatic N) is 2. The lowest BCUT2D eigenvalue weighted by molar-refractivity contribution is -0.384. The van der Waals surface area contributed by atoms with E-state index in [1.807, 2.05) is 19.1 Å². The van der Waals surface area contributed by atoms with E-state index in [1.54, 1.807) is 7.05 Å². The van der Waals surface area contributed by atoms with Crippen LogP contribution in [-0.2, 0) is 6.54 Å². The van der Waals surface area contributed by atoms with Crippen molar-refractivity contribution in [1.29, 1.82) is 0 Å². The van der Waals surface area contributed by atoms with Crippen molar-refractivity contribution in [2.24, 2.45) is 0 Å². The molecule has 2 heterocycles. The lowest BCUT2D eigenvalue weighted by Gasteiger charge is -2.06. The summed E-state index contributed by atoms with van der Waals surface area (Å²) in [6.07, 6.45) is 0. The molecule has 0 radical (unpaired) electrons. The van der Waals surface area contributed by atoms with Crippen LogP contribution >= 0.6 is 0 Å². The van der Waals surface area contributed by atoms with Gasteiger partial charge >= 0.3 is 0 Å². The molecule has 0 aromatic carbocycles. The van der Waals surface area contributed by atoms with E-state index in [2.05, 4.69) is 15.6 Å². The fraction of sp³-hybridized carbons (Fsp3) is 0.250. The highest BCUT2D eigenvalue weighted by Crippen LogP contribution is 2.20. The summed E-state index contributed by atoms with van der Waals surface area (Å²) >= 11 is 0. The molecule has 0 aliphatic rings. The standard InChI is InChI=1S/C12H14N4O3/c1-8-3-4-10(19-8)7-14-12-6-9(16(17)18)5-11(13-2)15-12/h3-6H,7H2,1-2H3,(H2,13,14,15). The van der Waals surface area contributed by atoms with E-state index >= 15 is 0 Å². The highest BCUT2D eigenvalue weighted by molar-refractivity contribution is 5.54. The summed E-state index contributed by atoms with van der Waals surface area (Å²) in [5.74, 6) is 2.43. The van der Waals surface area contributed by atoms with Gasteiger partial charge in [-0.25, -0.2) is 4.98 Å². The molecule has 2 aromatic heterocycles. The SMILES string of the molecule is CNc1cc([N+](=O)[O-])cc(NCc2ccc(C)o2)n1. The lowest BCUT2D eigenvalue weighted by atomic mass is 10.3. The Morgan fingerprint density at radius 3 is 2.68 bits per heavy atom. The van der Waals surface area contributed by atoms with Crippen molar-refractivity contribution in [3.8, 4) is 0 Å². The van der Waals surface area contributed by atoms with Crippen molar-refractivity contribution in [3.05, 3.63) is 45.9 Å². The molecular formula is C12H14N4O3. The Morgan fingerprint density at radius 2 is 2.11 bits per heavy atom. The van der Waals surface area contributed by atoms with Crippen molar-refractivity contribution in [2.45, 2.75) is 13.5 Å². The predicted molar refractivity (Wildman–Crippen MR) is 71.2 cm³/mol. The van der Waals surface area contributed by atoms with E-state index in [0.717, 1.165) is 11.5 Å². The van der Waals surface area contributed by atoms with Gasteiger partial charge < -0.3 is 15.1 Å². The maximum atomic E-state index is 10.8. The number of nitro groups is 1. The van der Waals surface area contributed by atoms with E-state index < -0.39 is 4.92 Å². The molecule has 7 nitrogen and oxygen atoms in total. The highest BCUT2D eigenvalue weighted by atomic mass is 16.6. The number of aryl methyl sites for hydroxylation is 1. The maximum absolute atomic E-state index is 10.8. The van der Waals surface area contributed by atoms with Crippen LogP contribution in [0, 0.1) is 17.0 Å². The van der Waals surface area contributed by atoms with Gasteiger partial charge in [-0.05, 0) is 19.1 Å². The number of hydrogen-bond acceptors (Lipinski definition) is 6. The van der Waals surface area contributed by atoms with Gasteiger partial charge in [0.25, 0.3) is 5.69 Å². The van der Waals surface area contributed by atoms with Gasteiger partial charge in [-0.15, -0.1) is 0 Å². The average molecular weight is 262 g/mol. The second-order valence-electron chi connectivity index (χ2n) is 3.97. The van der Waals surface area contributed by atoms with Crippen LogP contribution in [0.15, 0.2) is 28.7 Å². The first-order valence-corrected chi connectivity index (χ1v) is 5.72. The van der Waals surface area contributed by atoms with E-state index in [1.165, 1.54) is 12.1 Å². The Bertz CT molecular complexity index is 594. The minimum atomic E-state index is -0.454. The summed E-state index contributed by atoms with van der Waals surface area (Å²) in [7, 11) is 1.66. The Hall–Kier alpha value is -2.57. The number of hydrogen-bond donors (Lipinski definition) is 2. The molecule has 0 bridgehead atoms. The molecule has 19 heavy (non-hydrogen) atoms. The molecule has 0 unspecified atom stereocenters. The fourth-order valence-corrected chi connectivity index (χ4v) is 1.60. The van der Waals surface area contributed by atoms with Gasteiger partial charge in [0.15, 0.2) is 0 Å². The molecule has 0 fully saturated rings. The van der Waals surface area contributed by atoms with Gasteiger partial charge in [-0.2, -0.15) is 0 Å². The molecule has 100 valence electrons. The van der Waals surface area contributed by atoms with Crippen molar-refractivity contribution in [3.63, 3.8) is 0 Å². The quantitative estimate of drug-likeness (QED) is 0.635. The zero-order valence-electron chi connectivity index (χ0n) is 10.6. The smallest absolute Gasteiger partial charge is 0.276 e. The van der Waals surface area contributed by atoms with Crippen LogP contribution in [0.2, 0.25) is 0 Å². The first kappa shape index (κ1) is 12.9. The highest BCUT2D eigenvalue weighted by Gasteiger charge is 2.10. The van der Waals surface area contributed by atoms with Gasteiger partial charge in [0.05, 0.1) is 23.6 Å². The third kappa shape index (κ3) is 3.21. The second-order valence-corrected chi connectivity index (χ2v) is 3.97. The molecule has 0 aliphatic carbocycles. The molecule has 0 aliphatic heterocycles. The van der Waals surface area contributed by atoms with Crippen molar-refractivity contribution < 1.29 is 9.34 Å². The van der Waals surface area contributed by atoms with Crippen LogP contribution < -0.4 is 10.6 Å². The number of rotatable bonds is 5. The summed E-state index contributed by atoms with van der Waals surface area (Å²) in [4.78, 5) is 14.5. The van der Waals surface area contributed by atoms with E-state index in [4.69, 9.17) is 4.42 Å². The third-order valence-corrected chi connectivity index (χ3v) is 2.52. The Kier molecular flexibility index (Phi) is 3.65. The van der Waals surface area contributed by atoms with Crippen molar-refractivity contribution in [1.82, 2.24) is 4.98 Å². The number of furan rings is 1. The molecule has 2 rings (SSSR count). The van der Waals surface area contributed by atoms with Gasteiger partial charge in [-0.1, -0.05) is 0 Å². The maximum Gasteiger partial charge on any atom is 0.276 e. The zero-order valence-corrected chi connectivity index (χ0v) is 10.6. The van der Waals surface area contributed by atoms with E-state index in [0.29, 0.717) is 18.2 Å². The van der Waals surface area contributed by atoms with Gasteiger partial charge in [0.1, 0.15) is 23.2 Å².